The van der Waals surface area contributed by atoms with Gasteiger partial charge < -0.3 is 12.3 Å². The molecule has 0 aliphatic carbocycles. The Balaban J connectivity index is 0. The van der Waals surface area contributed by atoms with Gasteiger partial charge in [-0.1, -0.05) is 90.4 Å². The van der Waals surface area contributed by atoms with E-state index in [-0.39, 0.29) is 18.9 Å². The van der Waals surface area contributed by atoms with Gasteiger partial charge in [-0.3, -0.25) is 0 Å². The van der Waals surface area contributed by atoms with Gasteiger partial charge in [0, 0.05) is 0 Å². The van der Waals surface area contributed by atoms with E-state index in [9.17, 15) is 0 Å². The molecule has 0 nitrogen and oxygen atoms in total. The van der Waals surface area contributed by atoms with Crippen LogP contribution in [-0.4, -0.2) is 0 Å². The quantitative estimate of drug-likeness (QED) is 0.193. The Labute approximate surface area is 134 Å². The third-order valence-corrected chi connectivity index (χ3v) is 3.66. The minimum Gasteiger partial charge on any atom is -0.694 e. The van der Waals surface area contributed by atoms with Gasteiger partial charge in [-0.05, 0) is 12.8 Å². The summed E-state index contributed by atoms with van der Waals surface area (Å²) in [5.74, 6) is 2.46. The van der Waals surface area contributed by atoms with Crippen LogP contribution in [0.2, 0.25) is 0 Å². The molecule has 0 spiro atoms. The van der Waals surface area contributed by atoms with Crippen molar-refractivity contribution in [2.75, 3.05) is 0 Å². The Kier molecular flexibility index (Phi) is 23.1. The molecule has 0 unspecified atom stereocenters. The van der Waals surface area contributed by atoms with Crippen molar-refractivity contribution in [3.8, 4) is 5.92 Å². The molecule has 0 saturated heterocycles. The van der Waals surface area contributed by atoms with Crippen LogP contribution in [0.25, 0.3) is 0 Å². The van der Waals surface area contributed by atoms with Gasteiger partial charge in [0.05, 0.1) is 0 Å². The summed E-state index contributed by atoms with van der Waals surface area (Å²) >= 11 is 0. The van der Waals surface area contributed by atoms with E-state index >= 15 is 0 Å². The second kappa shape index (κ2) is 20.5. The van der Waals surface area contributed by atoms with Crippen LogP contribution in [0.5, 0.6) is 0 Å². The zero-order chi connectivity index (χ0) is 13.3. The van der Waals surface area contributed by atoms with E-state index < -0.39 is 0 Å². The first-order valence-corrected chi connectivity index (χ1v) is 8.31. The normalized spacial score (nSPS) is 9.89. The molecular formula is C18H33Li. The topological polar surface area (TPSA) is 0 Å². The monoisotopic (exact) mass is 256 g/mol. The molecule has 0 aliphatic heterocycles. The van der Waals surface area contributed by atoms with Crippen molar-refractivity contribution in [3.05, 3.63) is 6.42 Å². The molecular weight excluding hydrogens is 223 g/mol. The average molecular weight is 256 g/mol. The van der Waals surface area contributed by atoms with Crippen LogP contribution in [-0.2, 0) is 0 Å². The Bertz CT molecular complexity index is 181. The van der Waals surface area contributed by atoms with Gasteiger partial charge >= 0.3 is 18.9 Å². The van der Waals surface area contributed by atoms with Crippen LogP contribution in [0.15, 0.2) is 0 Å². The van der Waals surface area contributed by atoms with Crippen molar-refractivity contribution < 1.29 is 18.9 Å². The fraction of sp³-hybridized carbons (Fsp3) is 0.889. The Morgan fingerprint density at radius 1 is 0.579 bits per heavy atom. The molecule has 106 valence electrons. The van der Waals surface area contributed by atoms with E-state index in [1.165, 1.54) is 89.9 Å². The number of rotatable bonds is 14. The SMILES string of the molecule is [C-]#CCCCCCCCCCCCCCCCC.[Li+]. The Morgan fingerprint density at radius 2 is 0.895 bits per heavy atom. The maximum absolute atomic E-state index is 6.82. The van der Waals surface area contributed by atoms with Gasteiger partial charge in [-0.25, -0.2) is 0 Å². The van der Waals surface area contributed by atoms with E-state index in [2.05, 4.69) is 12.8 Å². The van der Waals surface area contributed by atoms with Gasteiger partial charge in [-0.2, -0.15) is 0 Å². The van der Waals surface area contributed by atoms with Crippen LogP contribution < -0.4 is 18.9 Å². The average Bonchev–Trinajstić information content (AvgIpc) is 2.39. The Morgan fingerprint density at radius 3 is 1.21 bits per heavy atom. The summed E-state index contributed by atoms with van der Waals surface area (Å²) < 4.78 is 0. The molecule has 0 N–H and O–H groups in total. The summed E-state index contributed by atoms with van der Waals surface area (Å²) in [6, 6.07) is 0. The molecule has 1 heteroatoms. The summed E-state index contributed by atoms with van der Waals surface area (Å²) in [5.41, 5.74) is 0. The van der Waals surface area contributed by atoms with Crippen molar-refractivity contribution in [2.45, 2.75) is 103 Å². The second-order valence-electron chi connectivity index (χ2n) is 5.52. The smallest absolute Gasteiger partial charge is 0.694 e. The van der Waals surface area contributed by atoms with E-state index in [1.807, 2.05) is 0 Å². The minimum absolute atomic E-state index is 0. The molecule has 0 aromatic carbocycles. The first-order chi connectivity index (χ1) is 8.91. The van der Waals surface area contributed by atoms with E-state index in [0.717, 1.165) is 6.42 Å². The van der Waals surface area contributed by atoms with Crippen LogP contribution in [0, 0.1) is 12.3 Å². The third-order valence-electron chi connectivity index (χ3n) is 3.66. The molecule has 0 rings (SSSR count). The standard InChI is InChI=1S/C18H33.Li/c1-3-5-7-9-11-13-15-17-18-16-14-12-10-8-6-4-2;/h3,5-18H2,1H3;/q-1;+1. The first-order valence-electron chi connectivity index (χ1n) is 8.31. The van der Waals surface area contributed by atoms with Crippen molar-refractivity contribution in [1.82, 2.24) is 0 Å². The van der Waals surface area contributed by atoms with Gasteiger partial charge in [0.2, 0.25) is 0 Å². The zero-order valence-corrected chi connectivity index (χ0v) is 13.6. The first kappa shape index (κ1) is 21.5. The van der Waals surface area contributed by atoms with Crippen molar-refractivity contribution in [1.29, 1.82) is 0 Å². The molecule has 0 bridgehead atoms. The van der Waals surface area contributed by atoms with E-state index in [4.69, 9.17) is 6.42 Å². The molecule has 19 heavy (non-hydrogen) atoms. The number of hydrogen-bond donors (Lipinski definition) is 0. The van der Waals surface area contributed by atoms with Gasteiger partial charge in [0.1, 0.15) is 0 Å². The predicted molar refractivity (Wildman–Crippen MR) is 82.1 cm³/mol. The van der Waals surface area contributed by atoms with Gasteiger partial charge in [-0.15, -0.1) is 0 Å². The number of hydrogen-bond acceptors (Lipinski definition) is 0. The third kappa shape index (κ3) is 20.6. The maximum atomic E-state index is 6.82. The fourth-order valence-corrected chi connectivity index (χ4v) is 2.41. The summed E-state index contributed by atoms with van der Waals surface area (Å²) in [7, 11) is 0. The molecule has 0 amide bonds. The molecule has 0 aromatic rings. The fourth-order valence-electron chi connectivity index (χ4n) is 2.41. The van der Waals surface area contributed by atoms with E-state index in [0.29, 0.717) is 0 Å². The molecule has 0 fully saturated rings. The second-order valence-corrected chi connectivity index (χ2v) is 5.52. The van der Waals surface area contributed by atoms with Crippen LogP contribution in [0.3, 0.4) is 0 Å². The van der Waals surface area contributed by atoms with Crippen molar-refractivity contribution in [3.63, 3.8) is 0 Å². The minimum atomic E-state index is 0. The predicted octanol–water partition coefficient (Wildman–Crippen LogP) is 3.45. The largest absolute Gasteiger partial charge is 1.00 e. The van der Waals surface area contributed by atoms with Crippen LogP contribution in [0.1, 0.15) is 103 Å². The molecule has 0 aromatic heterocycles. The molecule has 0 aliphatic rings. The molecule has 0 heterocycles. The molecule has 0 radical (unpaired) electrons. The van der Waals surface area contributed by atoms with Crippen molar-refractivity contribution in [2.24, 2.45) is 0 Å². The summed E-state index contributed by atoms with van der Waals surface area (Å²) in [5, 5.41) is 0. The molecule has 0 saturated carbocycles. The zero-order valence-electron chi connectivity index (χ0n) is 13.6. The van der Waals surface area contributed by atoms with E-state index in [1.54, 1.807) is 0 Å². The van der Waals surface area contributed by atoms with Crippen LogP contribution >= 0.6 is 0 Å². The van der Waals surface area contributed by atoms with Gasteiger partial charge in [0.15, 0.2) is 0 Å². The summed E-state index contributed by atoms with van der Waals surface area (Å²) in [6.07, 6.45) is 27.3. The maximum Gasteiger partial charge on any atom is 1.00 e. The molecule has 0 atom stereocenters. The van der Waals surface area contributed by atoms with Crippen molar-refractivity contribution >= 4 is 0 Å². The summed E-state index contributed by atoms with van der Waals surface area (Å²) in [4.78, 5) is 0. The van der Waals surface area contributed by atoms with Crippen LogP contribution in [0.4, 0.5) is 0 Å². The van der Waals surface area contributed by atoms with Gasteiger partial charge in [0.25, 0.3) is 0 Å². The number of unbranched alkanes of at least 4 members (excludes halogenated alkanes) is 14. The Hall–Kier alpha value is 0.157. The summed E-state index contributed by atoms with van der Waals surface area (Å²) in [6.45, 7) is 2.28.